The zero-order valence-electron chi connectivity index (χ0n) is 19.7. The highest BCUT2D eigenvalue weighted by Crippen LogP contribution is 2.43. The molecular weight excluding hydrogens is 396 g/mol. The first-order chi connectivity index (χ1) is 15.2. The van der Waals surface area contributed by atoms with Gasteiger partial charge < -0.3 is 11.1 Å². The molecule has 3 aromatic carbocycles. The van der Waals surface area contributed by atoms with Crippen LogP contribution < -0.4 is 11.1 Å². The van der Waals surface area contributed by atoms with Crippen molar-refractivity contribution in [3.8, 4) is 11.1 Å². The number of thiophene rings is 1. The Morgan fingerprint density at radius 3 is 2.00 bits per heavy atom. The Morgan fingerprint density at radius 2 is 1.39 bits per heavy atom. The highest BCUT2D eigenvalue weighted by Gasteiger charge is 2.14. The summed E-state index contributed by atoms with van der Waals surface area (Å²) in [6.45, 7) is 15.8. The van der Waals surface area contributed by atoms with Crippen molar-refractivity contribution < 1.29 is 0 Å². The Balaban J connectivity index is 0.000000532. The van der Waals surface area contributed by atoms with E-state index in [2.05, 4.69) is 54.4 Å². The number of fused-ring (bicyclic) bond motifs is 3. The molecule has 0 aliphatic rings. The lowest BCUT2D eigenvalue weighted by atomic mass is 10.00. The summed E-state index contributed by atoms with van der Waals surface area (Å²) in [5.41, 5.74) is 10.2. The summed E-state index contributed by atoms with van der Waals surface area (Å²) >= 11 is 1.79. The number of anilines is 2. The fourth-order valence-electron chi connectivity index (χ4n) is 3.00. The highest BCUT2D eigenvalue weighted by atomic mass is 32.1. The van der Waals surface area contributed by atoms with Gasteiger partial charge in [0.15, 0.2) is 0 Å². The first kappa shape index (κ1) is 26.0. The van der Waals surface area contributed by atoms with E-state index in [0.29, 0.717) is 0 Å². The molecule has 0 saturated heterocycles. The molecule has 0 atom stereocenters. The number of nitrogen functional groups attached to an aromatic ring is 1. The molecule has 4 rings (SSSR count). The summed E-state index contributed by atoms with van der Waals surface area (Å²) in [6.07, 6.45) is 5.72. The smallest absolute Gasteiger partial charge is 0.0641 e. The van der Waals surface area contributed by atoms with E-state index in [1.54, 1.807) is 17.5 Å². The summed E-state index contributed by atoms with van der Waals surface area (Å²) in [6, 6.07) is 20.8. The summed E-state index contributed by atoms with van der Waals surface area (Å²) < 4.78 is 2.51. The van der Waals surface area contributed by atoms with E-state index < -0.39 is 0 Å². The number of nitrogens with one attached hydrogen (secondary N) is 1. The van der Waals surface area contributed by atoms with E-state index in [4.69, 9.17) is 5.73 Å². The van der Waals surface area contributed by atoms with Crippen molar-refractivity contribution >= 4 is 42.9 Å². The van der Waals surface area contributed by atoms with Crippen LogP contribution in [0.3, 0.4) is 0 Å². The molecule has 1 aromatic heterocycles. The number of para-hydroxylation sites is 1. The fourth-order valence-corrected chi connectivity index (χ4v) is 4.21. The summed E-state index contributed by atoms with van der Waals surface area (Å²) in [4.78, 5) is 0. The molecule has 0 unspecified atom stereocenters. The topological polar surface area (TPSA) is 38.0 Å². The normalized spacial score (nSPS) is 9.74. The van der Waals surface area contributed by atoms with Gasteiger partial charge >= 0.3 is 0 Å². The third-order valence-electron chi connectivity index (χ3n) is 4.38. The molecule has 0 aliphatic heterocycles. The van der Waals surface area contributed by atoms with Crippen LogP contribution in [-0.2, 0) is 0 Å². The van der Waals surface area contributed by atoms with Crippen LogP contribution in [0, 0.1) is 0 Å². The largest absolute Gasteiger partial charge is 0.398 e. The van der Waals surface area contributed by atoms with Crippen LogP contribution >= 0.6 is 11.3 Å². The molecule has 0 saturated carbocycles. The van der Waals surface area contributed by atoms with Crippen molar-refractivity contribution in [3.63, 3.8) is 0 Å². The fraction of sp³-hybridized carbons (Fsp3) is 0.214. The molecule has 3 heteroatoms. The van der Waals surface area contributed by atoms with Gasteiger partial charge in [-0.1, -0.05) is 95.0 Å². The molecule has 0 radical (unpaired) electrons. The van der Waals surface area contributed by atoms with Gasteiger partial charge in [-0.15, -0.1) is 11.3 Å². The molecule has 0 aliphatic carbocycles. The Kier molecular flexibility index (Phi) is 11.8. The van der Waals surface area contributed by atoms with E-state index in [1.807, 2.05) is 71.9 Å². The minimum Gasteiger partial charge on any atom is -0.398 e. The van der Waals surface area contributed by atoms with Crippen LogP contribution in [0.4, 0.5) is 11.4 Å². The second-order valence-corrected chi connectivity index (χ2v) is 7.12. The van der Waals surface area contributed by atoms with Gasteiger partial charge in [0.2, 0.25) is 0 Å². The Labute approximate surface area is 192 Å². The summed E-state index contributed by atoms with van der Waals surface area (Å²) in [5.74, 6) is 0. The minimum atomic E-state index is 0.778. The number of rotatable bonds is 3. The third-order valence-corrected chi connectivity index (χ3v) is 5.58. The minimum absolute atomic E-state index is 0.778. The molecule has 4 aromatic rings. The number of benzene rings is 3. The summed E-state index contributed by atoms with van der Waals surface area (Å²) in [7, 11) is 0. The van der Waals surface area contributed by atoms with Gasteiger partial charge in [-0.25, -0.2) is 0 Å². The van der Waals surface area contributed by atoms with Crippen LogP contribution in [0.2, 0.25) is 0 Å². The van der Waals surface area contributed by atoms with E-state index in [9.17, 15) is 0 Å². The third kappa shape index (κ3) is 6.22. The molecule has 1 heterocycles. The first-order valence-electron chi connectivity index (χ1n) is 10.9. The average molecular weight is 433 g/mol. The van der Waals surface area contributed by atoms with Crippen molar-refractivity contribution in [2.45, 2.75) is 41.5 Å². The van der Waals surface area contributed by atoms with E-state index in [-0.39, 0.29) is 0 Å². The molecule has 0 bridgehead atoms. The van der Waals surface area contributed by atoms with Crippen molar-refractivity contribution in [3.05, 3.63) is 85.6 Å². The van der Waals surface area contributed by atoms with Gasteiger partial charge in [-0.05, 0) is 32.2 Å². The second-order valence-electron chi connectivity index (χ2n) is 6.07. The second kappa shape index (κ2) is 14.1. The molecule has 0 spiro atoms. The van der Waals surface area contributed by atoms with Crippen LogP contribution in [0.1, 0.15) is 41.5 Å². The van der Waals surface area contributed by atoms with E-state index in [1.165, 1.54) is 20.2 Å². The quantitative estimate of drug-likeness (QED) is 0.250. The summed E-state index contributed by atoms with van der Waals surface area (Å²) in [5, 5.41) is 5.87. The monoisotopic (exact) mass is 432 g/mol. The van der Waals surface area contributed by atoms with Crippen molar-refractivity contribution in [1.82, 2.24) is 0 Å². The van der Waals surface area contributed by atoms with Gasteiger partial charge in [0.1, 0.15) is 0 Å². The molecular formula is C28H36N2S. The van der Waals surface area contributed by atoms with Crippen LogP contribution in [0.5, 0.6) is 0 Å². The van der Waals surface area contributed by atoms with Gasteiger partial charge in [0.05, 0.1) is 10.4 Å². The first-order valence-corrected chi connectivity index (χ1v) is 11.8. The number of hydrogen-bond acceptors (Lipinski definition) is 3. The SMILES string of the molecule is C/C=C\C.C=CNc1c(-c2ccccc2N)ccc2c1sc1ccccc12.CC.CC. The van der Waals surface area contributed by atoms with Gasteiger partial charge in [-0.2, -0.15) is 0 Å². The molecule has 0 fully saturated rings. The number of allylic oxidation sites excluding steroid dienone is 2. The maximum Gasteiger partial charge on any atom is 0.0641 e. The van der Waals surface area contributed by atoms with Gasteiger partial charge in [0.25, 0.3) is 0 Å². The van der Waals surface area contributed by atoms with Crippen LogP contribution in [-0.4, -0.2) is 0 Å². The van der Waals surface area contributed by atoms with Gasteiger partial charge in [0, 0.05) is 32.3 Å². The zero-order chi connectivity index (χ0) is 23.2. The zero-order valence-corrected chi connectivity index (χ0v) is 20.5. The Morgan fingerprint density at radius 1 is 0.774 bits per heavy atom. The molecule has 2 nitrogen and oxygen atoms in total. The molecule has 3 N–H and O–H groups in total. The standard InChI is InChI=1S/C20H16N2S.C4H8.2C2H6/c1-2-22-19-15(13-7-3-5-9-17(13)21)11-12-16-14-8-4-6-10-18(14)23-20(16)19;1-3-4-2;2*1-2/h2-12,22H,1,21H2;3-4H,1-2H3;2*1-2H3/b;4-3-;;. The maximum atomic E-state index is 6.19. The predicted octanol–water partition coefficient (Wildman–Crippen LogP) is 9.49. The Bertz CT molecular complexity index is 1100. The average Bonchev–Trinajstić information content (AvgIpc) is 3.22. The highest BCUT2D eigenvalue weighted by molar-refractivity contribution is 7.26. The number of nitrogens with two attached hydrogens (primary N) is 1. The van der Waals surface area contributed by atoms with E-state index >= 15 is 0 Å². The van der Waals surface area contributed by atoms with E-state index in [0.717, 1.165) is 22.5 Å². The molecule has 0 amide bonds. The predicted molar refractivity (Wildman–Crippen MR) is 146 cm³/mol. The maximum absolute atomic E-state index is 6.19. The van der Waals surface area contributed by atoms with Crippen LogP contribution in [0.15, 0.2) is 85.6 Å². The lowest BCUT2D eigenvalue weighted by Crippen LogP contribution is -1.94. The van der Waals surface area contributed by atoms with Crippen molar-refractivity contribution in [1.29, 1.82) is 0 Å². The van der Waals surface area contributed by atoms with Gasteiger partial charge in [-0.3, -0.25) is 0 Å². The Hall–Kier alpha value is -3.04. The number of hydrogen-bond donors (Lipinski definition) is 2. The van der Waals surface area contributed by atoms with Crippen molar-refractivity contribution in [2.24, 2.45) is 0 Å². The molecule has 164 valence electrons. The lowest BCUT2D eigenvalue weighted by Gasteiger charge is -2.13. The molecule has 31 heavy (non-hydrogen) atoms. The van der Waals surface area contributed by atoms with Crippen molar-refractivity contribution in [2.75, 3.05) is 11.1 Å². The lowest BCUT2D eigenvalue weighted by molar-refractivity contribution is 1.50. The van der Waals surface area contributed by atoms with Crippen LogP contribution in [0.25, 0.3) is 31.3 Å².